The van der Waals surface area contributed by atoms with Crippen molar-refractivity contribution < 1.29 is 5.11 Å². The molecule has 2 aliphatic rings. The second kappa shape index (κ2) is 1.41. The van der Waals surface area contributed by atoms with Crippen molar-refractivity contribution >= 4 is 0 Å². The molecule has 0 saturated heterocycles. The molecule has 3 unspecified atom stereocenters. The molecule has 0 aromatic carbocycles. The van der Waals surface area contributed by atoms with Crippen LogP contribution in [0.15, 0.2) is 0 Å². The van der Waals surface area contributed by atoms with Gasteiger partial charge in [-0.3, -0.25) is 0 Å². The van der Waals surface area contributed by atoms with Crippen molar-refractivity contribution in [1.29, 1.82) is 0 Å². The number of rotatable bonds is 0. The number of aliphatic hydroxyl groups excluding tert-OH is 1. The van der Waals surface area contributed by atoms with E-state index in [2.05, 4.69) is 13.8 Å². The highest BCUT2D eigenvalue weighted by Gasteiger charge is 2.74. The smallest absolute Gasteiger partial charge is 0.0728 e. The van der Waals surface area contributed by atoms with Crippen LogP contribution in [-0.4, -0.2) is 16.7 Å². The fourth-order valence-electron chi connectivity index (χ4n) is 2.77. The third kappa shape index (κ3) is 0.424. The molecular weight excluding hydrogens is 126 g/mol. The van der Waals surface area contributed by atoms with E-state index >= 15 is 0 Å². The predicted octanol–water partition coefficient (Wildman–Crippen LogP) is 0.495. The lowest BCUT2D eigenvalue weighted by Gasteiger charge is -2.19. The Morgan fingerprint density at radius 1 is 1.40 bits per heavy atom. The van der Waals surface area contributed by atoms with Crippen molar-refractivity contribution in [3.8, 4) is 0 Å². The number of nitrogens with two attached hydrogens (primary N) is 1. The molecule has 2 saturated carbocycles. The van der Waals surface area contributed by atoms with E-state index in [9.17, 15) is 5.11 Å². The summed E-state index contributed by atoms with van der Waals surface area (Å²) in [5.41, 5.74) is 5.99. The Morgan fingerprint density at radius 2 is 2.00 bits per heavy atom. The fraction of sp³-hybridized carbons (Fsp3) is 1.00. The molecule has 3 atom stereocenters. The van der Waals surface area contributed by atoms with Gasteiger partial charge in [-0.05, 0) is 24.2 Å². The van der Waals surface area contributed by atoms with Crippen molar-refractivity contribution in [2.75, 3.05) is 0 Å². The third-order valence-electron chi connectivity index (χ3n) is 3.76. The van der Waals surface area contributed by atoms with E-state index in [0.717, 1.165) is 12.8 Å². The molecule has 0 spiro atoms. The minimum atomic E-state index is -0.243. The van der Waals surface area contributed by atoms with Crippen LogP contribution in [-0.2, 0) is 0 Å². The van der Waals surface area contributed by atoms with Crippen LogP contribution in [0.2, 0.25) is 0 Å². The maximum atomic E-state index is 9.51. The van der Waals surface area contributed by atoms with Crippen molar-refractivity contribution in [3.05, 3.63) is 0 Å². The van der Waals surface area contributed by atoms with Gasteiger partial charge in [0, 0.05) is 0 Å². The van der Waals surface area contributed by atoms with Gasteiger partial charge in [0.05, 0.1) is 11.6 Å². The van der Waals surface area contributed by atoms with Gasteiger partial charge in [0.2, 0.25) is 0 Å². The predicted molar refractivity (Wildman–Crippen MR) is 39.4 cm³/mol. The van der Waals surface area contributed by atoms with Crippen LogP contribution in [0.4, 0.5) is 0 Å². The van der Waals surface area contributed by atoms with Gasteiger partial charge in [-0.2, -0.15) is 0 Å². The van der Waals surface area contributed by atoms with E-state index in [0.29, 0.717) is 5.92 Å². The molecule has 58 valence electrons. The van der Waals surface area contributed by atoms with E-state index in [1.54, 1.807) is 0 Å². The van der Waals surface area contributed by atoms with Gasteiger partial charge in [0.15, 0.2) is 0 Å². The van der Waals surface area contributed by atoms with Gasteiger partial charge in [-0.15, -0.1) is 0 Å². The Bertz CT molecular complexity index is 178. The highest BCUT2D eigenvalue weighted by atomic mass is 16.3. The van der Waals surface area contributed by atoms with Crippen molar-refractivity contribution in [3.63, 3.8) is 0 Å². The SMILES string of the molecule is CC1(C)C2CCC(O)C21N. The first kappa shape index (κ1) is 6.62. The lowest BCUT2D eigenvalue weighted by molar-refractivity contribution is 0.121. The third-order valence-corrected chi connectivity index (χ3v) is 3.76. The molecule has 0 heterocycles. The number of hydrogen-bond donors (Lipinski definition) is 2. The van der Waals surface area contributed by atoms with Gasteiger partial charge in [-0.1, -0.05) is 13.8 Å². The molecule has 2 aliphatic carbocycles. The zero-order chi connectivity index (χ0) is 7.57. The van der Waals surface area contributed by atoms with E-state index in [1.165, 1.54) is 0 Å². The van der Waals surface area contributed by atoms with Crippen LogP contribution >= 0.6 is 0 Å². The van der Waals surface area contributed by atoms with Gasteiger partial charge in [-0.25, -0.2) is 0 Å². The number of hydrogen-bond acceptors (Lipinski definition) is 2. The van der Waals surface area contributed by atoms with Crippen LogP contribution in [0.25, 0.3) is 0 Å². The lowest BCUT2D eigenvalue weighted by Crippen LogP contribution is -2.39. The van der Waals surface area contributed by atoms with E-state index in [1.807, 2.05) is 0 Å². The molecule has 2 fully saturated rings. The molecule has 2 nitrogen and oxygen atoms in total. The second-order valence-corrected chi connectivity index (χ2v) is 4.30. The summed E-state index contributed by atoms with van der Waals surface area (Å²) in [6, 6.07) is 0. The summed E-state index contributed by atoms with van der Waals surface area (Å²) >= 11 is 0. The lowest BCUT2D eigenvalue weighted by atomic mass is 9.96. The summed E-state index contributed by atoms with van der Waals surface area (Å²) in [5.74, 6) is 0.579. The molecular formula is C8H15NO. The average Bonchev–Trinajstić information content (AvgIpc) is 2.19. The summed E-state index contributed by atoms with van der Waals surface area (Å²) in [6.07, 6.45) is 1.78. The summed E-state index contributed by atoms with van der Waals surface area (Å²) in [7, 11) is 0. The standard InChI is InChI=1S/C8H15NO/c1-7(2)5-3-4-6(10)8(5,7)9/h5-6,10H,3-4,9H2,1-2H3. The Balaban J connectivity index is 2.29. The van der Waals surface area contributed by atoms with Gasteiger partial charge in [0.25, 0.3) is 0 Å². The Morgan fingerprint density at radius 3 is 2.20 bits per heavy atom. The summed E-state index contributed by atoms with van der Waals surface area (Å²) in [4.78, 5) is 0. The first-order chi connectivity index (χ1) is 4.51. The molecule has 10 heavy (non-hydrogen) atoms. The topological polar surface area (TPSA) is 46.2 Å². The van der Waals surface area contributed by atoms with Crippen LogP contribution in [0.1, 0.15) is 26.7 Å². The molecule has 0 radical (unpaired) electrons. The van der Waals surface area contributed by atoms with Crippen LogP contribution < -0.4 is 5.73 Å². The Labute approximate surface area is 61.4 Å². The molecule has 2 rings (SSSR count). The largest absolute Gasteiger partial charge is 0.391 e. The highest BCUT2D eigenvalue weighted by Crippen LogP contribution is 2.68. The maximum absolute atomic E-state index is 9.51. The van der Waals surface area contributed by atoms with E-state index in [-0.39, 0.29) is 17.1 Å². The summed E-state index contributed by atoms with van der Waals surface area (Å²) in [6.45, 7) is 4.31. The Hall–Kier alpha value is -0.0800. The van der Waals surface area contributed by atoms with Crippen LogP contribution in [0, 0.1) is 11.3 Å². The quantitative estimate of drug-likeness (QED) is 0.516. The molecule has 0 aliphatic heterocycles. The monoisotopic (exact) mass is 141 g/mol. The Kier molecular flexibility index (Phi) is 0.933. The summed E-state index contributed by atoms with van der Waals surface area (Å²) < 4.78 is 0. The maximum Gasteiger partial charge on any atom is 0.0728 e. The zero-order valence-corrected chi connectivity index (χ0v) is 6.59. The van der Waals surface area contributed by atoms with E-state index < -0.39 is 0 Å². The van der Waals surface area contributed by atoms with Gasteiger partial charge >= 0.3 is 0 Å². The number of fused-ring (bicyclic) bond motifs is 1. The van der Waals surface area contributed by atoms with Crippen LogP contribution in [0.3, 0.4) is 0 Å². The molecule has 3 N–H and O–H groups in total. The number of aliphatic hydroxyl groups is 1. The van der Waals surface area contributed by atoms with Gasteiger partial charge in [0.1, 0.15) is 0 Å². The van der Waals surface area contributed by atoms with E-state index in [4.69, 9.17) is 5.73 Å². The van der Waals surface area contributed by atoms with Crippen molar-refractivity contribution in [2.24, 2.45) is 17.1 Å². The van der Waals surface area contributed by atoms with Crippen LogP contribution in [0.5, 0.6) is 0 Å². The second-order valence-electron chi connectivity index (χ2n) is 4.30. The average molecular weight is 141 g/mol. The highest BCUT2D eigenvalue weighted by molar-refractivity contribution is 5.29. The van der Waals surface area contributed by atoms with Crippen molar-refractivity contribution in [1.82, 2.24) is 0 Å². The van der Waals surface area contributed by atoms with Gasteiger partial charge < -0.3 is 10.8 Å². The molecule has 0 bridgehead atoms. The zero-order valence-electron chi connectivity index (χ0n) is 6.59. The minimum Gasteiger partial charge on any atom is -0.391 e. The summed E-state index contributed by atoms with van der Waals surface area (Å²) in [5, 5.41) is 9.51. The van der Waals surface area contributed by atoms with Crippen molar-refractivity contribution in [2.45, 2.75) is 38.3 Å². The molecule has 0 aromatic rings. The first-order valence-corrected chi connectivity index (χ1v) is 3.98. The molecule has 2 heteroatoms. The fourth-order valence-corrected chi connectivity index (χ4v) is 2.77. The molecule has 0 aromatic heterocycles. The normalized spacial score (nSPS) is 56.4. The minimum absolute atomic E-state index is 0.199. The molecule has 0 amide bonds. The first-order valence-electron chi connectivity index (χ1n) is 3.98.